The van der Waals surface area contributed by atoms with Crippen molar-refractivity contribution in [3.05, 3.63) is 75.9 Å². The molecule has 0 atom stereocenters. The molecule has 31 heavy (non-hydrogen) atoms. The maximum Gasteiger partial charge on any atom is 0.432 e. The van der Waals surface area contributed by atoms with Gasteiger partial charge in [-0.25, -0.2) is 9.38 Å². The highest BCUT2D eigenvalue weighted by atomic mass is 35.5. The average molecular weight is 455 g/mol. The Morgan fingerprint density at radius 1 is 1.23 bits per heavy atom. The highest BCUT2D eigenvalue weighted by Crippen LogP contribution is 2.28. The van der Waals surface area contributed by atoms with Gasteiger partial charge in [-0.1, -0.05) is 17.7 Å². The van der Waals surface area contributed by atoms with Crippen LogP contribution in [0, 0.1) is 12.7 Å². The third-order valence-corrected chi connectivity index (χ3v) is 4.29. The van der Waals surface area contributed by atoms with Gasteiger partial charge < -0.3 is 5.32 Å². The zero-order valence-electron chi connectivity index (χ0n) is 15.9. The second-order valence-electron chi connectivity index (χ2n) is 6.33. The van der Waals surface area contributed by atoms with Gasteiger partial charge in [-0.3, -0.25) is 20.2 Å². The first-order chi connectivity index (χ1) is 14.6. The standard InChI is InChI=1S/C19H15ClF4N6O/c1-10-6-11(4-5-25-10)17(31)28-18(26-9-12-2-3-13(21)7-14(12)20)27-16-8-15(29-30-16)19(22,23)24/h2-8H,9H2,1H3,(H3,26,27,28,29,30,31). The summed E-state index contributed by atoms with van der Waals surface area (Å²) in [7, 11) is 0. The molecule has 0 saturated heterocycles. The average Bonchev–Trinajstić information content (AvgIpc) is 3.16. The maximum atomic E-state index is 13.2. The summed E-state index contributed by atoms with van der Waals surface area (Å²) in [5.74, 6) is -1.51. The van der Waals surface area contributed by atoms with Gasteiger partial charge in [-0.2, -0.15) is 18.3 Å². The number of nitrogens with one attached hydrogen (secondary N) is 3. The first kappa shape index (κ1) is 22.2. The van der Waals surface area contributed by atoms with Crippen molar-refractivity contribution < 1.29 is 22.4 Å². The number of carbonyl (C=O) groups is 1. The van der Waals surface area contributed by atoms with Gasteiger partial charge in [0.2, 0.25) is 5.96 Å². The molecule has 3 rings (SSSR count). The number of anilines is 1. The molecule has 0 bridgehead atoms. The number of halogens is 5. The van der Waals surface area contributed by atoms with E-state index in [1.807, 2.05) is 5.10 Å². The molecular weight excluding hydrogens is 440 g/mol. The van der Waals surface area contributed by atoms with Crippen LogP contribution in [-0.2, 0) is 12.7 Å². The van der Waals surface area contributed by atoms with Crippen LogP contribution < -0.4 is 10.6 Å². The van der Waals surface area contributed by atoms with E-state index in [4.69, 9.17) is 11.6 Å². The summed E-state index contributed by atoms with van der Waals surface area (Å²) in [5, 5.41) is 10.5. The number of aryl methyl sites for hydroxylation is 1. The van der Waals surface area contributed by atoms with Crippen LogP contribution in [0.1, 0.15) is 27.3 Å². The van der Waals surface area contributed by atoms with E-state index in [2.05, 4.69) is 25.7 Å². The summed E-state index contributed by atoms with van der Waals surface area (Å²) in [6, 6.07) is 7.41. The number of aromatic amines is 1. The number of rotatable bonds is 4. The second-order valence-corrected chi connectivity index (χ2v) is 6.74. The number of nitrogens with zero attached hydrogens (tertiary/aromatic N) is 3. The lowest BCUT2D eigenvalue weighted by Gasteiger charge is -2.11. The summed E-state index contributed by atoms with van der Waals surface area (Å²) >= 11 is 5.98. The molecule has 0 radical (unpaired) electrons. The van der Waals surface area contributed by atoms with Gasteiger partial charge in [0.25, 0.3) is 5.91 Å². The third kappa shape index (κ3) is 6.01. The van der Waals surface area contributed by atoms with Crippen molar-refractivity contribution in [3.63, 3.8) is 0 Å². The van der Waals surface area contributed by atoms with E-state index >= 15 is 0 Å². The Morgan fingerprint density at radius 3 is 2.65 bits per heavy atom. The highest BCUT2D eigenvalue weighted by molar-refractivity contribution is 6.31. The topological polar surface area (TPSA) is 95.1 Å². The van der Waals surface area contributed by atoms with Gasteiger partial charge in [0.15, 0.2) is 5.82 Å². The van der Waals surface area contributed by atoms with Crippen LogP contribution >= 0.6 is 11.6 Å². The van der Waals surface area contributed by atoms with Gasteiger partial charge in [0.1, 0.15) is 11.5 Å². The smallest absolute Gasteiger partial charge is 0.309 e. The van der Waals surface area contributed by atoms with Crippen LogP contribution in [0.25, 0.3) is 0 Å². The van der Waals surface area contributed by atoms with E-state index < -0.39 is 23.6 Å². The van der Waals surface area contributed by atoms with Crippen molar-refractivity contribution in [2.45, 2.75) is 19.6 Å². The number of pyridine rings is 1. The van der Waals surface area contributed by atoms with Crippen molar-refractivity contribution in [1.82, 2.24) is 20.5 Å². The van der Waals surface area contributed by atoms with Gasteiger partial charge in [-0.05, 0) is 36.8 Å². The summed E-state index contributed by atoms with van der Waals surface area (Å²) in [6.45, 7) is 1.61. The van der Waals surface area contributed by atoms with Crippen LogP contribution in [-0.4, -0.2) is 27.0 Å². The number of carbonyl (C=O) groups excluding carboxylic acids is 1. The Hall–Kier alpha value is -3.47. The monoisotopic (exact) mass is 454 g/mol. The quantitative estimate of drug-likeness (QED) is 0.311. The van der Waals surface area contributed by atoms with Crippen LogP contribution in [0.2, 0.25) is 5.02 Å². The van der Waals surface area contributed by atoms with Crippen LogP contribution in [0.4, 0.5) is 23.4 Å². The number of H-pyrrole nitrogens is 1. The van der Waals surface area contributed by atoms with Crippen molar-refractivity contribution >= 4 is 29.3 Å². The summed E-state index contributed by atoms with van der Waals surface area (Å²) in [6.07, 6.45) is -3.18. The minimum Gasteiger partial charge on any atom is -0.309 e. The van der Waals surface area contributed by atoms with E-state index in [9.17, 15) is 22.4 Å². The fourth-order valence-corrected chi connectivity index (χ4v) is 2.67. The Balaban J connectivity index is 1.85. The Labute approximate surface area is 178 Å². The summed E-state index contributed by atoms with van der Waals surface area (Å²) in [5.41, 5.74) is 0.223. The molecule has 1 amide bonds. The van der Waals surface area contributed by atoms with Gasteiger partial charge >= 0.3 is 6.18 Å². The number of aliphatic imine (C=N–C) groups is 1. The Morgan fingerprint density at radius 2 is 2.00 bits per heavy atom. The molecular formula is C19H15ClF4N6O. The van der Waals surface area contributed by atoms with Gasteiger partial charge in [0, 0.05) is 28.5 Å². The predicted octanol–water partition coefficient (Wildman–Crippen LogP) is 4.32. The van der Waals surface area contributed by atoms with Crippen molar-refractivity contribution in [2.24, 2.45) is 4.99 Å². The Bertz CT molecular complexity index is 1130. The van der Waals surface area contributed by atoms with E-state index in [-0.39, 0.29) is 28.9 Å². The number of amides is 1. The molecule has 7 nitrogen and oxygen atoms in total. The van der Waals surface area contributed by atoms with E-state index in [1.165, 1.54) is 30.5 Å². The van der Waals surface area contributed by atoms with E-state index in [1.54, 1.807) is 6.92 Å². The first-order valence-electron chi connectivity index (χ1n) is 8.74. The lowest BCUT2D eigenvalue weighted by Crippen LogP contribution is -2.36. The lowest BCUT2D eigenvalue weighted by atomic mass is 10.2. The molecule has 3 N–H and O–H groups in total. The predicted molar refractivity (Wildman–Crippen MR) is 106 cm³/mol. The van der Waals surface area contributed by atoms with E-state index in [0.29, 0.717) is 11.3 Å². The molecule has 12 heteroatoms. The van der Waals surface area contributed by atoms with Crippen molar-refractivity contribution in [2.75, 3.05) is 5.32 Å². The zero-order valence-corrected chi connectivity index (χ0v) is 16.6. The fraction of sp³-hybridized carbons (Fsp3) is 0.158. The summed E-state index contributed by atoms with van der Waals surface area (Å²) in [4.78, 5) is 20.7. The van der Waals surface area contributed by atoms with Crippen LogP contribution in [0.3, 0.4) is 0 Å². The molecule has 0 aliphatic heterocycles. The highest BCUT2D eigenvalue weighted by Gasteiger charge is 2.33. The molecule has 0 unspecified atom stereocenters. The molecule has 0 aliphatic rings. The van der Waals surface area contributed by atoms with Crippen LogP contribution in [0.15, 0.2) is 47.6 Å². The number of benzene rings is 1. The third-order valence-electron chi connectivity index (χ3n) is 3.94. The normalized spacial score (nSPS) is 12.0. The van der Waals surface area contributed by atoms with E-state index in [0.717, 1.165) is 12.1 Å². The number of hydrogen-bond donors (Lipinski definition) is 3. The number of guanidine groups is 1. The Kier molecular flexibility index (Phi) is 6.54. The fourth-order valence-electron chi connectivity index (χ4n) is 2.44. The molecule has 1 aromatic carbocycles. The number of alkyl halides is 3. The lowest BCUT2D eigenvalue weighted by molar-refractivity contribution is -0.141. The largest absolute Gasteiger partial charge is 0.432 e. The zero-order chi connectivity index (χ0) is 22.6. The number of aromatic nitrogens is 3. The van der Waals surface area contributed by atoms with Crippen molar-refractivity contribution in [3.8, 4) is 0 Å². The molecule has 0 fully saturated rings. The minimum atomic E-state index is -4.62. The van der Waals surface area contributed by atoms with Crippen molar-refractivity contribution in [1.29, 1.82) is 0 Å². The summed E-state index contributed by atoms with van der Waals surface area (Å²) < 4.78 is 51.6. The molecule has 2 aromatic heterocycles. The molecule has 0 saturated carbocycles. The molecule has 2 heterocycles. The second kappa shape index (κ2) is 9.13. The molecule has 0 spiro atoms. The SMILES string of the molecule is Cc1cc(C(=O)NC(=NCc2ccc(F)cc2Cl)Nc2cc(C(F)(F)F)[nH]n2)ccn1. The van der Waals surface area contributed by atoms with Gasteiger partial charge in [-0.15, -0.1) is 0 Å². The maximum absolute atomic E-state index is 13.2. The number of hydrogen-bond acceptors (Lipinski definition) is 4. The molecule has 162 valence electrons. The van der Waals surface area contributed by atoms with Crippen LogP contribution in [0.5, 0.6) is 0 Å². The first-order valence-corrected chi connectivity index (χ1v) is 9.11. The minimum absolute atomic E-state index is 0.0896. The molecule has 3 aromatic rings. The van der Waals surface area contributed by atoms with Gasteiger partial charge in [0.05, 0.1) is 6.54 Å². The molecule has 0 aliphatic carbocycles.